The van der Waals surface area contributed by atoms with Gasteiger partial charge < -0.3 is 20.5 Å². The number of allylic oxidation sites excluding steroid dienone is 2. The van der Waals surface area contributed by atoms with Crippen LogP contribution in [0.5, 0.6) is 0 Å². The van der Waals surface area contributed by atoms with Crippen LogP contribution in [-0.2, 0) is 4.74 Å². The summed E-state index contributed by atoms with van der Waals surface area (Å²) in [5, 5.41) is 19.3. The van der Waals surface area contributed by atoms with E-state index in [0.29, 0.717) is 17.2 Å². The first-order valence-corrected chi connectivity index (χ1v) is 9.71. The average Bonchev–Trinajstić information content (AvgIpc) is 3.20. The van der Waals surface area contributed by atoms with Gasteiger partial charge in [-0.15, -0.1) is 5.10 Å². The van der Waals surface area contributed by atoms with Gasteiger partial charge in [-0.1, -0.05) is 30.4 Å². The fourth-order valence-electron chi connectivity index (χ4n) is 3.28. The third-order valence-electron chi connectivity index (χ3n) is 4.80. The number of nitrogens with zero attached hydrogens (tertiary/aromatic N) is 3. The van der Waals surface area contributed by atoms with Crippen molar-refractivity contribution in [3.63, 3.8) is 0 Å². The van der Waals surface area contributed by atoms with Gasteiger partial charge in [-0.2, -0.15) is 4.98 Å². The lowest BCUT2D eigenvalue weighted by molar-refractivity contribution is 0.0945. The third kappa shape index (κ3) is 4.24. The number of aliphatic hydroxyl groups excluding tert-OH is 1. The van der Waals surface area contributed by atoms with Crippen molar-refractivity contribution in [2.75, 3.05) is 25.6 Å². The molecule has 30 heavy (non-hydrogen) atoms. The zero-order chi connectivity index (χ0) is 20.9. The summed E-state index contributed by atoms with van der Waals surface area (Å²) in [5.74, 6) is 0.189. The molecule has 8 nitrogen and oxygen atoms in total. The normalized spacial score (nSPS) is 15.8. The third-order valence-corrected chi connectivity index (χ3v) is 4.80. The number of pyridine rings is 1. The molecule has 1 amide bonds. The van der Waals surface area contributed by atoms with Gasteiger partial charge in [0.25, 0.3) is 5.91 Å². The first kappa shape index (κ1) is 19.8. The summed E-state index contributed by atoms with van der Waals surface area (Å²) in [6, 6.07) is 12.9. The van der Waals surface area contributed by atoms with Crippen LogP contribution in [-0.4, -0.2) is 52.0 Å². The highest BCUT2D eigenvalue weighted by molar-refractivity contribution is 5.95. The number of anilines is 2. The molecule has 2 aromatic heterocycles. The molecule has 3 aromatic rings. The number of nitrogens with one attached hydrogen (secondary N) is 2. The summed E-state index contributed by atoms with van der Waals surface area (Å²) in [6.45, 7) is 0.109. The molecule has 0 aliphatic heterocycles. The second kappa shape index (κ2) is 8.89. The van der Waals surface area contributed by atoms with Crippen molar-refractivity contribution >= 4 is 28.8 Å². The summed E-state index contributed by atoms with van der Waals surface area (Å²) >= 11 is 0. The summed E-state index contributed by atoms with van der Waals surface area (Å²) < 4.78 is 7.16. The highest BCUT2D eigenvalue weighted by Gasteiger charge is 2.14. The molecule has 8 heteroatoms. The number of methoxy groups -OCH3 is 1. The van der Waals surface area contributed by atoms with Gasteiger partial charge in [0.1, 0.15) is 0 Å². The zero-order valence-corrected chi connectivity index (χ0v) is 16.6. The average molecular weight is 405 g/mol. The number of fused-ring (bicyclic) bond motifs is 1. The molecule has 2 heterocycles. The highest BCUT2D eigenvalue weighted by Crippen LogP contribution is 2.24. The summed E-state index contributed by atoms with van der Waals surface area (Å²) in [5.41, 5.74) is 3.91. The minimum absolute atomic E-state index is 0.0998. The molecule has 3 N–H and O–H groups in total. The van der Waals surface area contributed by atoms with Gasteiger partial charge in [-0.25, -0.2) is 4.52 Å². The fourth-order valence-corrected chi connectivity index (χ4v) is 3.28. The minimum Gasteiger partial charge on any atom is -0.395 e. The highest BCUT2D eigenvalue weighted by atomic mass is 16.5. The van der Waals surface area contributed by atoms with Gasteiger partial charge >= 0.3 is 0 Å². The lowest BCUT2D eigenvalue weighted by Crippen LogP contribution is -2.26. The molecule has 1 aromatic carbocycles. The van der Waals surface area contributed by atoms with E-state index in [1.807, 2.05) is 36.4 Å². The van der Waals surface area contributed by atoms with Crippen molar-refractivity contribution in [3.05, 3.63) is 72.0 Å². The molecule has 1 aliphatic rings. The number of rotatable bonds is 7. The van der Waals surface area contributed by atoms with Crippen LogP contribution in [0, 0.1) is 0 Å². The van der Waals surface area contributed by atoms with Gasteiger partial charge in [0, 0.05) is 24.9 Å². The van der Waals surface area contributed by atoms with Crippen LogP contribution >= 0.6 is 0 Å². The monoisotopic (exact) mass is 405 g/mol. The van der Waals surface area contributed by atoms with Crippen LogP contribution in [0.15, 0.2) is 60.7 Å². The Morgan fingerprint density at radius 2 is 2.17 bits per heavy atom. The molecular formula is C22H23N5O3. The number of carbonyl (C=O) groups is 1. The van der Waals surface area contributed by atoms with Crippen molar-refractivity contribution < 1.29 is 14.6 Å². The molecule has 0 spiro atoms. The number of benzene rings is 1. The Bertz CT molecular complexity index is 1120. The molecular weight excluding hydrogens is 382 g/mol. The standard InChI is InChI=1S/C22H23N5O3/c1-30-18-10-8-15(9-11-18)19-6-3-7-20-25-22(26-27(19)20)24-17-5-2-4-16(14-17)21(29)23-12-13-28/h2-10,14,18,28H,11-13H2,1H3,(H,23,29)(H,24,26). The lowest BCUT2D eigenvalue weighted by atomic mass is 10.0. The molecule has 1 unspecified atom stereocenters. The van der Waals surface area contributed by atoms with E-state index in [1.165, 1.54) is 0 Å². The van der Waals surface area contributed by atoms with E-state index < -0.39 is 0 Å². The Hall–Kier alpha value is -3.49. The van der Waals surface area contributed by atoms with E-state index in [0.717, 1.165) is 23.3 Å². The second-order valence-corrected chi connectivity index (χ2v) is 6.83. The molecule has 1 atom stereocenters. The van der Waals surface area contributed by atoms with E-state index in [2.05, 4.69) is 26.8 Å². The minimum atomic E-state index is -0.247. The van der Waals surface area contributed by atoms with Gasteiger partial charge in [-0.05, 0) is 42.3 Å². The Morgan fingerprint density at radius 3 is 2.93 bits per heavy atom. The molecule has 0 bridgehead atoms. The zero-order valence-electron chi connectivity index (χ0n) is 16.6. The molecule has 1 aliphatic carbocycles. The number of carbonyl (C=O) groups excluding carboxylic acids is 1. The van der Waals surface area contributed by atoms with Crippen LogP contribution in [0.4, 0.5) is 11.6 Å². The molecule has 0 radical (unpaired) electrons. The summed E-state index contributed by atoms with van der Waals surface area (Å²) in [4.78, 5) is 16.7. The predicted octanol–water partition coefficient (Wildman–Crippen LogP) is 2.55. The largest absolute Gasteiger partial charge is 0.395 e. The van der Waals surface area contributed by atoms with Crippen LogP contribution in [0.2, 0.25) is 0 Å². The fraction of sp³-hybridized carbons (Fsp3) is 0.227. The van der Waals surface area contributed by atoms with Gasteiger partial charge in [0.15, 0.2) is 5.65 Å². The van der Waals surface area contributed by atoms with Crippen molar-refractivity contribution in [3.8, 4) is 0 Å². The first-order valence-electron chi connectivity index (χ1n) is 9.71. The molecule has 154 valence electrons. The Morgan fingerprint density at radius 1 is 1.30 bits per heavy atom. The number of hydrogen-bond acceptors (Lipinski definition) is 6. The second-order valence-electron chi connectivity index (χ2n) is 6.83. The topological polar surface area (TPSA) is 101 Å². The molecule has 4 rings (SSSR count). The van der Waals surface area contributed by atoms with Crippen LogP contribution < -0.4 is 10.6 Å². The molecule has 0 fully saturated rings. The van der Waals surface area contributed by atoms with E-state index in [4.69, 9.17) is 9.84 Å². The van der Waals surface area contributed by atoms with Crippen molar-refractivity contribution in [2.24, 2.45) is 0 Å². The van der Waals surface area contributed by atoms with E-state index in [9.17, 15) is 4.79 Å². The van der Waals surface area contributed by atoms with Crippen molar-refractivity contribution in [1.29, 1.82) is 0 Å². The van der Waals surface area contributed by atoms with E-state index >= 15 is 0 Å². The molecule has 0 saturated heterocycles. The maximum absolute atomic E-state index is 12.1. The van der Waals surface area contributed by atoms with Gasteiger partial charge in [0.2, 0.25) is 5.95 Å². The quantitative estimate of drug-likeness (QED) is 0.559. The van der Waals surface area contributed by atoms with E-state index in [-0.39, 0.29) is 25.2 Å². The first-order chi connectivity index (χ1) is 14.7. The number of ether oxygens (including phenoxy) is 1. The van der Waals surface area contributed by atoms with Gasteiger partial charge in [-0.3, -0.25) is 4.79 Å². The van der Waals surface area contributed by atoms with Crippen LogP contribution in [0.1, 0.15) is 22.5 Å². The summed E-state index contributed by atoms with van der Waals surface area (Å²) in [6.07, 6.45) is 7.12. The van der Waals surface area contributed by atoms with Crippen molar-refractivity contribution in [1.82, 2.24) is 19.9 Å². The number of aliphatic hydroxyl groups is 1. The Balaban J connectivity index is 1.58. The van der Waals surface area contributed by atoms with Crippen LogP contribution in [0.3, 0.4) is 0 Å². The molecule has 0 saturated carbocycles. The number of amides is 1. The Labute approximate surface area is 173 Å². The Kier molecular flexibility index (Phi) is 5.87. The number of hydrogen-bond donors (Lipinski definition) is 3. The maximum atomic E-state index is 12.1. The van der Waals surface area contributed by atoms with Gasteiger partial charge in [0.05, 0.1) is 18.4 Å². The van der Waals surface area contributed by atoms with Crippen LogP contribution in [0.25, 0.3) is 11.2 Å². The predicted molar refractivity (Wildman–Crippen MR) is 115 cm³/mol. The van der Waals surface area contributed by atoms with E-state index in [1.54, 1.807) is 29.8 Å². The maximum Gasteiger partial charge on any atom is 0.251 e. The SMILES string of the molecule is COC1C=CC(c2cccc3nc(Nc4cccc(C(=O)NCCO)c4)nn23)=CC1. The van der Waals surface area contributed by atoms with Crippen molar-refractivity contribution in [2.45, 2.75) is 12.5 Å². The summed E-state index contributed by atoms with van der Waals surface area (Å²) in [7, 11) is 1.70. The lowest BCUT2D eigenvalue weighted by Gasteiger charge is -2.15. The number of aromatic nitrogens is 3. The smallest absolute Gasteiger partial charge is 0.251 e.